The van der Waals surface area contributed by atoms with Gasteiger partial charge in [0.15, 0.2) is 0 Å². The minimum Gasteiger partial charge on any atom is -0.272 e. The van der Waals surface area contributed by atoms with Gasteiger partial charge in [-0.1, -0.05) is 8.58 Å². The van der Waals surface area contributed by atoms with Gasteiger partial charge in [0.25, 0.3) is 0 Å². The Bertz CT molecular complexity index is 240. The Balaban J connectivity index is 3.20. The second-order valence-electron chi connectivity index (χ2n) is 2.42. The summed E-state index contributed by atoms with van der Waals surface area (Å²) in [6, 6.07) is 0. The number of hydrogen-bond acceptors (Lipinski definition) is 1. The highest BCUT2D eigenvalue weighted by atomic mass is 31.1. The van der Waals surface area contributed by atoms with E-state index in [0.717, 1.165) is 8.58 Å². The minimum atomic E-state index is 0.865. The van der Waals surface area contributed by atoms with Crippen LogP contribution in [0.15, 0.2) is 0 Å². The van der Waals surface area contributed by atoms with Crippen molar-refractivity contribution in [3.63, 3.8) is 0 Å². The first-order chi connectivity index (χ1) is 4.66. The molecule has 0 radical (unpaired) electrons. The SMILES string of the molecule is CPc1c(C)nn(C)c1C. The van der Waals surface area contributed by atoms with E-state index in [0.29, 0.717) is 0 Å². The highest BCUT2D eigenvalue weighted by molar-refractivity contribution is 7.46. The van der Waals surface area contributed by atoms with Crippen LogP contribution in [0.5, 0.6) is 0 Å². The summed E-state index contributed by atoms with van der Waals surface area (Å²) in [5.74, 6) is 0. The van der Waals surface area contributed by atoms with Crippen LogP contribution in [0.2, 0.25) is 0 Å². The Morgan fingerprint density at radius 1 is 1.40 bits per heavy atom. The van der Waals surface area contributed by atoms with Crippen LogP contribution in [0.4, 0.5) is 0 Å². The van der Waals surface area contributed by atoms with Crippen LogP contribution >= 0.6 is 8.58 Å². The van der Waals surface area contributed by atoms with E-state index >= 15 is 0 Å². The van der Waals surface area contributed by atoms with Crippen molar-refractivity contribution < 1.29 is 0 Å². The van der Waals surface area contributed by atoms with Gasteiger partial charge in [-0.05, 0) is 20.5 Å². The molecule has 56 valence electrons. The highest BCUT2D eigenvalue weighted by Gasteiger charge is 2.05. The smallest absolute Gasteiger partial charge is 0.0670 e. The number of hydrogen-bond donors (Lipinski definition) is 0. The molecule has 10 heavy (non-hydrogen) atoms. The fourth-order valence-corrected chi connectivity index (χ4v) is 2.07. The molecule has 1 aromatic heterocycles. The van der Waals surface area contributed by atoms with Gasteiger partial charge in [-0.15, -0.1) is 0 Å². The first-order valence-electron chi connectivity index (χ1n) is 3.34. The summed E-state index contributed by atoms with van der Waals surface area (Å²) in [5.41, 5.74) is 2.49. The van der Waals surface area contributed by atoms with Crippen LogP contribution in [-0.4, -0.2) is 16.4 Å². The fourth-order valence-electron chi connectivity index (χ4n) is 1.14. The van der Waals surface area contributed by atoms with Gasteiger partial charge >= 0.3 is 0 Å². The van der Waals surface area contributed by atoms with Crippen molar-refractivity contribution >= 4 is 13.9 Å². The van der Waals surface area contributed by atoms with Gasteiger partial charge in [-0.3, -0.25) is 4.68 Å². The molecule has 1 aromatic rings. The predicted molar refractivity (Wildman–Crippen MR) is 46.6 cm³/mol. The summed E-state index contributed by atoms with van der Waals surface area (Å²) in [5, 5.41) is 5.72. The van der Waals surface area contributed by atoms with Crippen LogP contribution < -0.4 is 5.30 Å². The van der Waals surface area contributed by atoms with Crippen molar-refractivity contribution in [1.82, 2.24) is 9.78 Å². The Hall–Kier alpha value is -0.360. The normalized spacial score (nSPS) is 11.6. The van der Waals surface area contributed by atoms with E-state index in [2.05, 4.69) is 25.6 Å². The molecule has 1 heterocycles. The molecule has 1 unspecified atom stereocenters. The minimum absolute atomic E-state index is 0.865. The standard InChI is InChI=1S/C7H13N2P/c1-5-7(10-4)6(2)9(3)8-5/h10H,1-4H3. The zero-order valence-corrected chi connectivity index (χ0v) is 7.89. The quantitative estimate of drug-likeness (QED) is 0.554. The van der Waals surface area contributed by atoms with Gasteiger partial charge in [0.05, 0.1) is 5.69 Å². The van der Waals surface area contributed by atoms with Crippen molar-refractivity contribution in [2.75, 3.05) is 6.66 Å². The molecule has 2 nitrogen and oxygen atoms in total. The van der Waals surface area contributed by atoms with E-state index < -0.39 is 0 Å². The Morgan fingerprint density at radius 2 is 2.00 bits per heavy atom. The van der Waals surface area contributed by atoms with E-state index in [4.69, 9.17) is 0 Å². The zero-order chi connectivity index (χ0) is 7.72. The molecule has 0 amide bonds. The van der Waals surface area contributed by atoms with Crippen LogP contribution in [-0.2, 0) is 7.05 Å². The zero-order valence-electron chi connectivity index (χ0n) is 6.89. The Morgan fingerprint density at radius 3 is 2.20 bits per heavy atom. The molecule has 1 atom stereocenters. The largest absolute Gasteiger partial charge is 0.272 e. The van der Waals surface area contributed by atoms with Crippen LogP contribution in [0.25, 0.3) is 0 Å². The van der Waals surface area contributed by atoms with Gasteiger partial charge < -0.3 is 0 Å². The van der Waals surface area contributed by atoms with Crippen LogP contribution in [0.1, 0.15) is 11.4 Å². The van der Waals surface area contributed by atoms with Gasteiger partial charge in [0.1, 0.15) is 0 Å². The average molecular weight is 156 g/mol. The number of nitrogens with zero attached hydrogens (tertiary/aromatic N) is 2. The molecule has 3 heteroatoms. The first-order valence-corrected chi connectivity index (χ1v) is 4.84. The topological polar surface area (TPSA) is 17.8 Å². The monoisotopic (exact) mass is 156 g/mol. The lowest BCUT2D eigenvalue weighted by Crippen LogP contribution is -2.00. The second-order valence-corrected chi connectivity index (χ2v) is 3.42. The lowest BCUT2D eigenvalue weighted by atomic mass is 10.4. The molecule has 0 aliphatic rings. The summed E-state index contributed by atoms with van der Waals surface area (Å²) >= 11 is 0. The van der Waals surface area contributed by atoms with Gasteiger partial charge in [0, 0.05) is 18.0 Å². The maximum atomic E-state index is 4.31. The summed E-state index contributed by atoms with van der Waals surface area (Å²) in [4.78, 5) is 0. The summed E-state index contributed by atoms with van der Waals surface area (Å²) in [6.45, 7) is 6.38. The molecule has 0 bridgehead atoms. The second kappa shape index (κ2) is 2.71. The molecule has 0 N–H and O–H groups in total. The molecule has 0 spiro atoms. The first kappa shape index (κ1) is 7.74. The van der Waals surface area contributed by atoms with E-state index in [1.165, 1.54) is 16.7 Å². The third-order valence-corrected chi connectivity index (χ3v) is 2.98. The van der Waals surface area contributed by atoms with E-state index in [1.54, 1.807) is 0 Å². The van der Waals surface area contributed by atoms with Crippen molar-refractivity contribution in [2.45, 2.75) is 13.8 Å². The molecule has 0 aliphatic carbocycles. The number of aryl methyl sites for hydroxylation is 2. The highest BCUT2D eigenvalue weighted by Crippen LogP contribution is 2.10. The lowest BCUT2D eigenvalue weighted by Gasteiger charge is -1.94. The van der Waals surface area contributed by atoms with Crippen LogP contribution in [0, 0.1) is 13.8 Å². The summed E-state index contributed by atoms with van der Waals surface area (Å²) in [7, 11) is 2.86. The van der Waals surface area contributed by atoms with E-state index in [9.17, 15) is 0 Å². The van der Waals surface area contributed by atoms with Crippen molar-refractivity contribution in [2.24, 2.45) is 7.05 Å². The predicted octanol–water partition coefficient (Wildman–Crippen LogP) is 0.971. The van der Waals surface area contributed by atoms with Gasteiger partial charge in [-0.25, -0.2) is 0 Å². The molecular formula is C7H13N2P. The molecule has 0 fully saturated rings. The lowest BCUT2D eigenvalue weighted by molar-refractivity contribution is 0.731. The van der Waals surface area contributed by atoms with Crippen molar-refractivity contribution in [1.29, 1.82) is 0 Å². The summed E-state index contributed by atoms with van der Waals surface area (Å²) < 4.78 is 1.95. The number of rotatable bonds is 1. The summed E-state index contributed by atoms with van der Waals surface area (Å²) in [6.07, 6.45) is 0. The van der Waals surface area contributed by atoms with Crippen molar-refractivity contribution in [3.05, 3.63) is 11.4 Å². The molecule has 0 aliphatic heterocycles. The van der Waals surface area contributed by atoms with Crippen molar-refractivity contribution in [3.8, 4) is 0 Å². The maximum absolute atomic E-state index is 4.31. The third-order valence-electron chi connectivity index (χ3n) is 1.76. The van der Waals surface area contributed by atoms with E-state index in [1.807, 2.05) is 11.7 Å². The van der Waals surface area contributed by atoms with Gasteiger partial charge in [-0.2, -0.15) is 5.10 Å². The molecular weight excluding hydrogens is 143 g/mol. The Kier molecular flexibility index (Phi) is 2.10. The number of aromatic nitrogens is 2. The third kappa shape index (κ3) is 1.08. The Labute approximate surface area is 63.4 Å². The molecule has 0 saturated carbocycles. The molecule has 0 saturated heterocycles. The van der Waals surface area contributed by atoms with Crippen LogP contribution in [0.3, 0.4) is 0 Å². The van der Waals surface area contributed by atoms with Gasteiger partial charge in [0.2, 0.25) is 0 Å². The molecule has 1 rings (SSSR count). The average Bonchev–Trinajstić information content (AvgIpc) is 2.09. The van der Waals surface area contributed by atoms with E-state index in [-0.39, 0.29) is 0 Å². The maximum Gasteiger partial charge on any atom is 0.0670 e. The molecule has 0 aromatic carbocycles. The fraction of sp³-hybridized carbons (Fsp3) is 0.571.